The van der Waals surface area contributed by atoms with Crippen molar-refractivity contribution in [2.75, 3.05) is 31.3 Å². The lowest BCUT2D eigenvalue weighted by molar-refractivity contribution is 0.128. The van der Waals surface area contributed by atoms with Crippen LogP contribution in [0.5, 0.6) is 0 Å². The number of rotatable bonds is 6. The van der Waals surface area contributed by atoms with Crippen molar-refractivity contribution in [2.24, 2.45) is 0 Å². The molecule has 2 heterocycles. The molecule has 2 N–H and O–H groups in total. The lowest BCUT2D eigenvalue weighted by Crippen LogP contribution is -2.20. The zero-order valence-corrected chi connectivity index (χ0v) is 11.2. The van der Waals surface area contributed by atoms with Gasteiger partial charge in [0, 0.05) is 33.1 Å². The SMILES string of the molecule is CNc1nc(NCC(C)OC)nc(-n2cccn2)n1. The summed E-state index contributed by atoms with van der Waals surface area (Å²) in [4.78, 5) is 12.8. The lowest BCUT2D eigenvalue weighted by atomic mass is 10.4. The van der Waals surface area contributed by atoms with Gasteiger partial charge in [-0.25, -0.2) is 4.68 Å². The van der Waals surface area contributed by atoms with Gasteiger partial charge in [0.2, 0.25) is 11.9 Å². The second-order valence-electron chi connectivity index (χ2n) is 3.91. The molecule has 0 aliphatic rings. The van der Waals surface area contributed by atoms with Gasteiger partial charge in [-0.05, 0) is 13.0 Å². The van der Waals surface area contributed by atoms with Crippen LogP contribution in [0.2, 0.25) is 0 Å². The normalized spacial score (nSPS) is 12.2. The summed E-state index contributed by atoms with van der Waals surface area (Å²) >= 11 is 0. The molecule has 0 saturated carbocycles. The smallest absolute Gasteiger partial charge is 0.257 e. The van der Waals surface area contributed by atoms with Crippen LogP contribution in [-0.4, -0.2) is 51.5 Å². The van der Waals surface area contributed by atoms with Crippen LogP contribution in [0.15, 0.2) is 18.5 Å². The number of hydrogen-bond donors (Lipinski definition) is 2. The maximum Gasteiger partial charge on any atom is 0.257 e. The van der Waals surface area contributed by atoms with Crippen molar-refractivity contribution >= 4 is 11.9 Å². The van der Waals surface area contributed by atoms with Gasteiger partial charge in [0.15, 0.2) is 0 Å². The Balaban J connectivity index is 2.21. The highest BCUT2D eigenvalue weighted by Crippen LogP contribution is 2.08. The first-order chi connectivity index (χ1) is 9.22. The fourth-order valence-corrected chi connectivity index (χ4v) is 1.36. The quantitative estimate of drug-likeness (QED) is 0.786. The van der Waals surface area contributed by atoms with E-state index in [0.29, 0.717) is 24.4 Å². The Labute approximate surface area is 111 Å². The van der Waals surface area contributed by atoms with E-state index in [0.717, 1.165) is 0 Å². The Bertz CT molecular complexity index is 514. The highest BCUT2D eigenvalue weighted by Gasteiger charge is 2.08. The van der Waals surface area contributed by atoms with Crippen molar-refractivity contribution in [1.82, 2.24) is 24.7 Å². The average molecular weight is 263 g/mol. The van der Waals surface area contributed by atoms with Crippen LogP contribution in [0.25, 0.3) is 5.95 Å². The molecule has 19 heavy (non-hydrogen) atoms. The molecule has 0 bridgehead atoms. The maximum absolute atomic E-state index is 5.16. The topological polar surface area (TPSA) is 89.8 Å². The third-order valence-corrected chi connectivity index (χ3v) is 2.51. The lowest BCUT2D eigenvalue weighted by Gasteiger charge is -2.12. The summed E-state index contributed by atoms with van der Waals surface area (Å²) in [6.07, 6.45) is 3.52. The second-order valence-corrected chi connectivity index (χ2v) is 3.91. The molecule has 8 heteroatoms. The molecule has 0 radical (unpaired) electrons. The number of hydrogen-bond acceptors (Lipinski definition) is 7. The summed E-state index contributed by atoms with van der Waals surface area (Å²) in [6.45, 7) is 2.57. The molecule has 2 rings (SSSR count). The third-order valence-electron chi connectivity index (χ3n) is 2.51. The van der Waals surface area contributed by atoms with Crippen molar-refractivity contribution < 1.29 is 4.74 Å². The zero-order valence-electron chi connectivity index (χ0n) is 11.2. The minimum absolute atomic E-state index is 0.0722. The van der Waals surface area contributed by atoms with Gasteiger partial charge in [-0.15, -0.1) is 0 Å². The molecule has 0 amide bonds. The van der Waals surface area contributed by atoms with E-state index in [2.05, 4.69) is 30.7 Å². The van der Waals surface area contributed by atoms with E-state index in [1.54, 1.807) is 31.2 Å². The van der Waals surface area contributed by atoms with Gasteiger partial charge in [-0.2, -0.15) is 20.1 Å². The second kappa shape index (κ2) is 6.10. The molecule has 0 aliphatic carbocycles. The first kappa shape index (κ1) is 13.2. The minimum atomic E-state index is 0.0722. The van der Waals surface area contributed by atoms with Crippen LogP contribution in [0, 0.1) is 0 Å². The summed E-state index contributed by atoms with van der Waals surface area (Å²) in [5, 5.41) is 10.1. The summed E-state index contributed by atoms with van der Waals surface area (Å²) < 4.78 is 6.74. The fourth-order valence-electron chi connectivity index (χ4n) is 1.36. The van der Waals surface area contributed by atoms with Gasteiger partial charge in [-0.3, -0.25) is 0 Å². The monoisotopic (exact) mass is 263 g/mol. The number of nitrogens with one attached hydrogen (secondary N) is 2. The van der Waals surface area contributed by atoms with Crippen molar-refractivity contribution in [2.45, 2.75) is 13.0 Å². The molecule has 0 aliphatic heterocycles. The van der Waals surface area contributed by atoms with E-state index >= 15 is 0 Å². The van der Waals surface area contributed by atoms with E-state index in [-0.39, 0.29) is 6.10 Å². The number of ether oxygens (including phenoxy) is 1. The third kappa shape index (κ3) is 3.38. The summed E-state index contributed by atoms with van der Waals surface area (Å²) in [6, 6.07) is 1.81. The van der Waals surface area contributed by atoms with Crippen LogP contribution >= 0.6 is 0 Å². The summed E-state index contributed by atoms with van der Waals surface area (Å²) in [5.41, 5.74) is 0. The van der Waals surface area contributed by atoms with Gasteiger partial charge in [0.1, 0.15) is 0 Å². The molecule has 1 unspecified atom stereocenters. The van der Waals surface area contributed by atoms with Crippen molar-refractivity contribution in [3.05, 3.63) is 18.5 Å². The Morgan fingerprint density at radius 1 is 1.32 bits per heavy atom. The van der Waals surface area contributed by atoms with Gasteiger partial charge in [0.05, 0.1) is 6.10 Å². The first-order valence-corrected chi connectivity index (χ1v) is 5.93. The van der Waals surface area contributed by atoms with Gasteiger partial charge in [0.25, 0.3) is 5.95 Å². The van der Waals surface area contributed by atoms with Crippen molar-refractivity contribution in [3.8, 4) is 5.95 Å². The van der Waals surface area contributed by atoms with Crippen LogP contribution in [-0.2, 0) is 4.74 Å². The number of anilines is 2. The molecule has 1 atom stereocenters. The molecular weight excluding hydrogens is 246 g/mol. The molecule has 0 saturated heterocycles. The van der Waals surface area contributed by atoms with E-state index in [4.69, 9.17) is 4.74 Å². The Kier molecular flexibility index (Phi) is 4.24. The Hall–Kier alpha value is -2.22. The largest absolute Gasteiger partial charge is 0.380 e. The predicted molar refractivity (Wildman–Crippen MR) is 71.5 cm³/mol. The predicted octanol–water partition coefficient (Wildman–Crippen LogP) is 0.546. The number of aromatic nitrogens is 5. The highest BCUT2D eigenvalue weighted by molar-refractivity contribution is 5.37. The van der Waals surface area contributed by atoms with Crippen molar-refractivity contribution in [1.29, 1.82) is 0 Å². The van der Waals surface area contributed by atoms with E-state index in [1.807, 2.05) is 13.0 Å². The molecule has 0 fully saturated rings. The Morgan fingerprint density at radius 2 is 2.11 bits per heavy atom. The highest BCUT2D eigenvalue weighted by atomic mass is 16.5. The maximum atomic E-state index is 5.16. The molecule has 102 valence electrons. The molecule has 2 aromatic rings. The molecular formula is C11H17N7O. The van der Waals surface area contributed by atoms with Crippen LogP contribution in [0.1, 0.15) is 6.92 Å². The Morgan fingerprint density at radius 3 is 2.74 bits per heavy atom. The number of methoxy groups -OCH3 is 1. The van der Waals surface area contributed by atoms with Gasteiger partial charge < -0.3 is 15.4 Å². The minimum Gasteiger partial charge on any atom is -0.380 e. The first-order valence-electron chi connectivity index (χ1n) is 5.93. The van der Waals surface area contributed by atoms with Crippen molar-refractivity contribution in [3.63, 3.8) is 0 Å². The van der Waals surface area contributed by atoms with Crippen LogP contribution < -0.4 is 10.6 Å². The van der Waals surface area contributed by atoms with E-state index in [1.165, 1.54) is 0 Å². The van der Waals surface area contributed by atoms with Crippen LogP contribution in [0.3, 0.4) is 0 Å². The number of nitrogens with zero attached hydrogens (tertiary/aromatic N) is 5. The zero-order chi connectivity index (χ0) is 13.7. The standard InChI is InChI=1S/C11H17N7O/c1-8(19-3)7-13-10-15-9(12-2)16-11(17-10)18-6-4-5-14-18/h4-6,8H,7H2,1-3H3,(H2,12,13,15,16,17). The van der Waals surface area contributed by atoms with E-state index < -0.39 is 0 Å². The van der Waals surface area contributed by atoms with Gasteiger partial charge in [-0.1, -0.05) is 0 Å². The molecule has 2 aromatic heterocycles. The molecule has 0 aromatic carbocycles. The fraction of sp³-hybridized carbons (Fsp3) is 0.455. The van der Waals surface area contributed by atoms with E-state index in [9.17, 15) is 0 Å². The van der Waals surface area contributed by atoms with Gasteiger partial charge >= 0.3 is 0 Å². The van der Waals surface area contributed by atoms with Crippen LogP contribution in [0.4, 0.5) is 11.9 Å². The molecule has 8 nitrogen and oxygen atoms in total. The molecule has 0 spiro atoms. The average Bonchev–Trinajstić information content (AvgIpc) is 2.98. The summed E-state index contributed by atoms with van der Waals surface area (Å²) in [7, 11) is 3.41. The summed E-state index contributed by atoms with van der Waals surface area (Å²) in [5.74, 6) is 1.42.